The largest absolute Gasteiger partial charge is 0.317 e. The molecule has 8 rings (SSSR count). The molecule has 0 aliphatic rings. The first-order valence-electron chi connectivity index (χ1n) is 16.4. The van der Waals surface area contributed by atoms with Crippen molar-refractivity contribution in [3.05, 3.63) is 165 Å². The second-order valence-electron chi connectivity index (χ2n) is 10.7. The second kappa shape index (κ2) is 15.6. The third kappa shape index (κ3) is 6.52. The molecule has 5 aromatic carbocycles. The second-order valence-corrected chi connectivity index (χ2v) is 10.7. The van der Waals surface area contributed by atoms with Crippen LogP contribution in [0.4, 0.5) is 0 Å². The molecule has 8 aromatic rings. The first kappa shape index (κ1) is 32.7. The minimum Gasteiger partial charge on any atom is -0.317 e. The quantitative estimate of drug-likeness (QED) is 0.181. The predicted molar refractivity (Wildman–Crippen MR) is 206 cm³/mol. The normalized spacial score (nSPS) is 10.7. The Bertz CT molecular complexity index is 2240. The highest BCUT2D eigenvalue weighted by Crippen LogP contribution is 2.38. The first-order valence-corrected chi connectivity index (χ1v) is 16.4. The summed E-state index contributed by atoms with van der Waals surface area (Å²) < 4.78 is 4.65. The fraction of sp³-hybridized carbons (Fsp3) is 0.114. The maximum atomic E-state index is 4.58. The van der Waals surface area contributed by atoms with Crippen molar-refractivity contribution in [3.63, 3.8) is 0 Å². The lowest BCUT2D eigenvalue weighted by atomic mass is 10.0. The molecule has 3 heterocycles. The van der Waals surface area contributed by atoms with Crippen LogP contribution in [0.1, 0.15) is 34.1 Å². The fourth-order valence-corrected chi connectivity index (χ4v) is 6.08. The number of benzene rings is 5. The van der Waals surface area contributed by atoms with Crippen LogP contribution in [0, 0.1) is 0 Å². The van der Waals surface area contributed by atoms with Gasteiger partial charge in [-0.25, -0.2) is 0 Å². The monoisotopic (exact) mass is 613 g/mol. The highest BCUT2D eigenvalue weighted by Gasteiger charge is 2.15. The number of para-hydroxylation sites is 2. The molecule has 0 bridgehead atoms. The Morgan fingerprint density at radius 2 is 1.34 bits per heavy atom. The van der Waals surface area contributed by atoms with E-state index in [4.69, 9.17) is 0 Å². The third-order valence-corrected chi connectivity index (χ3v) is 8.05. The summed E-state index contributed by atoms with van der Waals surface area (Å²) >= 11 is 0. The minimum atomic E-state index is 0.978. The van der Waals surface area contributed by atoms with Gasteiger partial charge in [-0.2, -0.15) is 0 Å². The standard InChI is InChI=1S/C35H23N3.C5H10.C2H6.C2H4/c1-2-10-26(11-3-1)37-20-18-29-30-23-31-28-13-4-5-15-34(28)38(35(31)22-24(30)16-17-33(29)37)27-12-8-9-25(21-27)32-14-6-7-19-36-32;1-3-5-4-2;2*1-2/h1-23H;3,5H,4H2,1-2H3;1-2H3;1-2H2/b;5-3-;;. The Balaban J connectivity index is 0.000000437. The summed E-state index contributed by atoms with van der Waals surface area (Å²) in [5, 5.41) is 6.29. The average molecular weight is 614 g/mol. The van der Waals surface area contributed by atoms with Crippen LogP contribution in [0.15, 0.2) is 165 Å². The lowest BCUT2D eigenvalue weighted by Crippen LogP contribution is -1.95. The lowest BCUT2D eigenvalue weighted by Gasteiger charge is -2.11. The van der Waals surface area contributed by atoms with E-state index in [0.29, 0.717) is 0 Å². The molecular weight excluding hydrogens is 571 g/mol. The van der Waals surface area contributed by atoms with Gasteiger partial charge in [0.1, 0.15) is 0 Å². The molecule has 0 saturated carbocycles. The van der Waals surface area contributed by atoms with Crippen molar-refractivity contribution in [3.8, 4) is 22.6 Å². The molecule has 0 fully saturated rings. The van der Waals surface area contributed by atoms with Crippen molar-refractivity contribution >= 4 is 43.5 Å². The Kier molecular flexibility index (Phi) is 10.8. The number of pyridine rings is 1. The van der Waals surface area contributed by atoms with E-state index in [1.807, 2.05) is 39.1 Å². The molecule has 0 radical (unpaired) electrons. The van der Waals surface area contributed by atoms with Gasteiger partial charge in [0.25, 0.3) is 0 Å². The summed E-state index contributed by atoms with van der Waals surface area (Å²) in [6.45, 7) is 14.2. The van der Waals surface area contributed by atoms with Crippen molar-refractivity contribution in [2.45, 2.75) is 34.1 Å². The molecule has 0 N–H and O–H groups in total. The number of fused-ring (bicyclic) bond motifs is 6. The van der Waals surface area contributed by atoms with Gasteiger partial charge in [0.05, 0.1) is 22.2 Å². The van der Waals surface area contributed by atoms with E-state index < -0.39 is 0 Å². The summed E-state index contributed by atoms with van der Waals surface area (Å²) in [4.78, 5) is 4.58. The Labute approximate surface area is 278 Å². The molecular formula is C44H43N3. The molecule has 0 unspecified atom stereocenters. The lowest BCUT2D eigenvalue weighted by molar-refractivity contribution is 1.13. The van der Waals surface area contributed by atoms with Gasteiger partial charge < -0.3 is 9.13 Å². The summed E-state index contributed by atoms with van der Waals surface area (Å²) in [5.41, 5.74) is 8.02. The highest BCUT2D eigenvalue weighted by atomic mass is 15.0. The smallest absolute Gasteiger partial charge is 0.0702 e. The van der Waals surface area contributed by atoms with Gasteiger partial charge in [0, 0.05) is 45.5 Å². The van der Waals surface area contributed by atoms with E-state index in [2.05, 4.69) is 168 Å². The molecule has 3 aromatic heterocycles. The van der Waals surface area contributed by atoms with Crippen LogP contribution in [0.5, 0.6) is 0 Å². The van der Waals surface area contributed by atoms with Gasteiger partial charge in [-0.05, 0) is 90.8 Å². The number of aromatic nitrogens is 3. The van der Waals surface area contributed by atoms with Gasteiger partial charge in [-0.15, -0.1) is 13.2 Å². The van der Waals surface area contributed by atoms with Crippen LogP contribution in [0.3, 0.4) is 0 Å². The highest BCUT2D eigenvalue weighted by molar-refractivity contribution is 6.18. The molecule has 3 heteroatoms. The van der Waals surface area contributed by atoms with Crippen molar-refractivity contribution in [2.75, 3.05) is 0 Å². The zero-order valence-electron chi connectivity index (χ0n) is 27.9. The summed E-state index contributed by atoms with van der Waals surface area (Å²) in [5.74, 6) is 0. The average Bonchev–Trinajstić information content (AvgIpc) is 3.73. The van der Waals surface area contributed by atoms with E-state index in [1.165, 1.54) is 49.2 Å². The molecule has 0 atom stereocenters. The van der Waals surface area contributed by atoms with Crippen molar-refractivity contribution in [2.24, 2.45) is 0 Å². The Morgan fingerprint density at radius 3 is 2.06 bits per heavy atom. The number of hydrogen-bond donors (Lipinski definition) is 0. The number of hydrogen-bond acceptors (Lipinski definition) is 1. The maximum absolute atomic E-state index is 4.58. The zero-order chi connectivity index (χ0) is 33.2. The fourth-order valence-electron chi connectivity index (χ4n) is 6.08. The Hall–Kier alpha value is -5.67. The molecule has 3 nitrogen and oxygen atoms in total. The van der Waals surface area contributed by atoms with E-state index in [9.17, 15) is 0 Å². The van der Waals surface area contributed by atoms with Gasteiger partial charge in [-0.3, -0.25) is 4.98 Å². The number of allylic oxidation sites excluding steroid dienone is 2. The van der Waals surface area contributed by atoms with Crippen LogP contribution < -0.4 is 0 Å². The summed E-state index contributed by atoms with van der Waals surface area (Å²) in [6.07, 6.45) is 9.37. The van der Waals surface area contributed by atoms with Gasteiger partial charge in [0.15, 0.2) is 0 Å². The van der Waals surface area contributed by atoms with Crippen LogP contribution in [0.25, 0.3) is 66.1 Å². The van der Waals surface area contributed by atoms with E-state index in [1.54, 1.807) is 0 Å². The molecule has 234 valence electrons. The van der Waals surface area contributed by atoms with E-state index >= 15 is 0 Å². The molecule has 0 saturated heterocycles. The molecule has 0 amide bonds. The van der Waals surface area contributed by atoms with Crippen LogP contribution >= 0.6 is 0 Å². The van der Waals surface area contributed by atoms with E-state index in [0.717, 1.165) is 23.4 Å². The van der Waals surface area contributed by atoms with E-state index in [-0.39, 0.29) is 0 Å². The molecule has 0 aliphatic heterocycles. The maximum Gasteiger partial charge on any atom is 0.0702 e. The summed E-state index contributed by atoms with van der Waals surface area (Å²) in [7, 11) is 0. The third-order valence-electron chi connectivity index (χ3n) is 8.05. The topological polar surface area (TPSA) is 22.8 Å². The van der Waals surface area contributed by atoms with Crippen molar-refractivity contribution in [1.82, 2.24) is 14.1 Å². The predicted octanol–water partition coefficient (Wildman–Crippen LogP) is 12.7. The number of nitrogens with zero attached hydrogens (tertiary/aromatic N) is 3. The van der Waals surface area contributed by atoms with Crippen LogP contribution in [0.2, 0.25) is 0 Å². The van der Waals surface area contributed by atoms with Crippen molar-refractivity contribution < 1.29 is 0 Å². The SMILES string of the molecule is C/C=C\CC.C=C.CC.c1ccc(-n2ccc3c4cc5c6ccccc6n(-c6cccc(-c7ccccn7)c6)c5cc4ccc32)cc1. The van der Waals surface area contributed by atoms with Gasteiger partial charge in [-0.1, -0.05) is 93.6 Å². The van der Waals surface area contributed by atoms with Crippen LogP contribution in [-0.4, -0.2) is 14.1 Å². The molecule has 0 aliphatic carbocycles. The Morgan fingerprint density at radius 1 is 0.617 bits per heavy atom. The summed E-state index contributed by atoms with van der Waals surface area (Å²) in [6, 6.07) is 45.4. The van der Waals surface area contributed by atoms with Gasteiger partial charge in [0.2, 0.25) is 0 Å². The van der Waals surface area contributed by atoms with Gasteiger partial charge >= 0.3 is 0 Å². The number of rotatable bonds is 4. The zero-order valence-corrected chi connectivity index (χ0v) is 27.9. The minimum absolute atomic E-state index is 0.978. The van der Waals surface area contributed by atoms with Crippen LogP contribution in [-0.2, 0) is 0 Å². The van der Waals surface area contributed by atoms with Crippen molar-refractivity contribution in [1.29, 1.82) is 0 Å². The first-order chi connectivity index (χ1) is 23.3. The molecule has 0 spiro atoms. The molecule has 47 heavy (non-hydrogen) atoms.